The van der Waals surface area contributed by atoms with Gasteiger partial charge in [0.1, 0.15) is 0 Å². The molecule has 0 atom stereocenters. The van der Waals surface area contributed by atoms with E-state index in [-0.39, 0.29) is 0 Å². The molecule has 0 unspecified atom stereocenters. The standard InChI is InChI=1S/C13H15N3S/c1-15(2)5-6-16-8-11-3-4-13(14-10-17)7-12(11)9-16/h3-4,7-9H,5-6H2,1-2H3. The van der Waals surface area contributed by atoms with Crippen LogP contribution in [0.4, 0.5) is 5.69 Å². The van der Waals surface area contributed by atoms with Crippen molar-refractivity contribution in [2.45, 2.75) is 6.54 Å². The van der Waals surface area contributed by atoms with E-state index in [0.29, 0.717) is 0 Å². The van der Waals surface area contributed by atoms with E-state index in [2.05, 4.69) is 64.4 Å². The van der Waals surface area contributed by atoms with Crippen molar-refractivity contribution in [2.75, 3.05) is 20.6 Å². The lowest BCUT2D eigenvalue weighted by molar-refractivity contribution is 0.384. The second-order valence-electron chi connectivity index (χ2n) is 4.32. The fraction of sp³-hybridized carbons (Fsp3) is 0.308. The Morgan fingerprint density at radius 3 is 2.76 bits per heavy atom. The molecule has 0 aliphatic rings. The number of hydrogen-bond donors (Lipinski definition) is 0. The molecule has 1 heterocycles. The quantitative estimate of drug-likeness (QED) is 0.610. The minimum absolute atomic E-state index is 0.859. The first kappa shape index (κ1) is 12.0. The first-order valence-corrected chi connectivity index (χ1v) is 5.92. The zero-order valence-electron chi connectivity index (χ0n) is 10.1. The van der Waals surface area contributed by atoms with Crippen molar-refractivity contribution in [3.8, 4) is 0 Å². The Morgan fingerprint density at radius 2 is 2.06 bits per heavy atom. The van der Waals surface area contributed by atoms with Gasteiger partial charge >= 0.3 is 0 Å². The summed E-state index contributed by atoms with van der Waals surface area (Å²) in [5.74, 6) is 0. The second kappa shape index (κ2) is 5.23. The molecule has 0 aliphatic carbocycles. The molecule has 0 saturated heterocycles. The molecule has 2 aromatic rings. The predicted molar refractivity (Wildman–Crippen MR) is 75.2 cm³/mol. The maximum absolute atomic E-state index is 4.60. The van der Waals surface area contributed by atoms with Gasteiger partial charge in [0.05, 0.1) is 10.8 Å². The van der Waals surface area contributed by atoms with E-state index < -0.39 is 0 Å². The number of fused-ring (bicyclic) bond motifs is 1. The van der Waals surface area contributed by atoms with Crippen LogP contribution in [0.25, 0.3) is 10.8 Å². The van der Waals surface area contributed by atoms with Crippen LogP contribution in [0, 0.1) is 0 Å². The van der Waals surface area contributed by atoms with Crippen LogP contribution in [-0.2, 0) is 6.54 Å². The SMILES string of the molecule is CN(C)CCn1cc2ccc(N=C=S)cc2c1. The van der Waals surface area contributed by atoms with Gasteiger partial charge in [0.25, 0.3) is 0 Å². The number of aliphatic imine (C=N–C) groups is 1. The van der Waals surface area contributed by atoms with Gasteiger partial charge in [-0.25, -0.2) is 0 Å². The van der Waals surface area contributed by atoms with Crippen molar-refractivity contribution in [1.29, 1.82) is 0 Å². The van der Waals surface area contributed by atoms with E-state index in [0.717, 1.165) is 18.8 Å². The molecule has 2 rings (SSSR count). The van der Waals surface area contributed by atoms with Gasteiger partial charge in [-0.2, -0.15) is 4.99 Å². The van der Waals surface area contributed by atoms with Crippen molar-refractivity contribution in [1.82, 2.24) is 9.47 Å². The fourth-order valence-corrected chi connectivity index (χ4v) is 1.86. The molecular weight excluding hydrogens is 230 g/mol. The average Bonchev–Trinajstić information content (AvgIpc) is 2.69. The van der Waals surface area contributed by atoms with Gasteiger partial charge in [-0.1, -0.05) is 6.07 Å². The number of nitrogens with zero attached hydrogens (tertiary/aromatic N) is 3. The smallest absolute Gasteiger partial charge is 0.0746 e. The Hall–Kier alpha value is -1.48. The summed E-state index contributed by atoms with van der Waals surface area (Å²) in [6.45, 7) is 2.03. The Morgan fingerprint density at radius 1 is 1.29 bits per heavy atom. The van der Waals surface area contributed by atoms with E-state index in [1.165, 1.54) is 10.8 Å². The maximum atomic E-state index is 4.60. The number of aromatic nitrogens is 1. The fourth-order valence-electron chi connectivity index (χ4n) is 1.75. The predicted octanol–water partition coefficient (Wildman–Crippen LogP) is 2.94. The molecule has 0 spiro atoms. The second-order valence-corrected chi connectivity index (χ2v) is 4.50. The lowest BCUT2D eigenvalue weighted by Gasteiger charge is -2.09. The zero-order valence-corrected chi connectivity index (χ0v) is 10.9. The van der Waals surface area contributed by atoms with Crippen LogP contribution in [-0.4, -0.2) is 35.3 Å². The van der Waals surface area contributed by atoms with Crippen LogP contribution in [0.15, 0.2) is 35.6 Å². The molecule has 17 heavy (non-hydrogen) atoms. The summed E-state index contributed by atoms with van der Waals surface area (Å²) >= 11 is 4.60. The first-order chi connectivity index (χ1) is 8.19. The largest absolute Gasteiger partial charge is 0.352 e. The van der Waals surface area contributed by atoms with Crippen molar-refractivity contribution in [3.05, 3.63) is 30.6 Å². The number of isothiocyanates is 1. The number of thiocarbonyl (C=S) groups is 1. The molecule has 0 amide bonds. The average molecular weight is 245 g/mol. The molecular formula is C13H15N3S. The van der Waals surface area contributed by atoms with Gasteiger partial charge < -0.3 is 9.47 Å². The molecule has 0 fully saturated rings. The monoisotopic (exact) mass is 245 g/mol. The molecule has 88 valence electrons. The lowest BCUT2D eigenvalue weighted by Crippen LogP contribution is -2.17. The topological polar surface area (TPSA) is 20.5 Å². The van der Waals surface area contributed by atoms with Crippen LogP contribution in [0.1, 0.15) is 0 Å². The van der Waals surface area contributed by atoms with Gasteiger partial charge in [0.15, 0.2) is 0 Å². The Balaban J connectivity index is 2.27. The summed E-state index contributed by atoms with van der Waals surface area (Å²) in [7, 11) is 4.16. The highest BCUT2D eigenvalue weighted by molar-refractivity contribution is 7.78. The van der Waals surface area contributed by atoms with Gasteiger partial charge in [0.2, 0.25) is 0 Å². The third kappa shape index (κ3) is 3.01. The number of likely N-dealkylation sites (N-methyl/N-ethyl adjacent to an activating group) is 1. The third-order valence-electron chi connectivity index (χ3n) is 2.66. The van der Waals surface area contributed by atoms with E-state index in [1.807, 2.05) is 12.1 Å². The minimum Gasteiger partial charge on any atom is -0.352 e. The summed E-state index contributed by atoms with van der Waals surface area (Å²) in [5.41, 5.74) is 0.859. The van der Waals surface area contributed by atoms with Gasteiger partial charge in [-0.3, -0.25) is 0 Å². The highest BCUT2D eigenvalue weighted by Gasteiger charge is 2.00. The van der Waals surface area contributed by atoms with Crippen LogP contribution in [0.3, 0.4) is 0 Å². The minimum atomic E-state index is 0.859. The highest BCUT2D eigenvalue weighted by atomic mass is 32.1. The molecule has 0 aliphatic heterocycles. The number of rotatable bonds is 4. The summed E-state index contributed by atoms with van der Waals surface area (Å²) in [4.78, 5) is 6.16. The Labute approximate surface area is 106 Å². The molecule has 1 aromatic carbocycles. The summed E-state index contributed by atoms with van der Waals surface area (Å²) in [6.07, 6.45) is 4.30. The van der Waals surface area contributed by atoms with Crippen LogP contribution >= 0.6 is 12.2 Å². The molecule has 4 heteroatoms. The van der Waals surface area contributed by atoms with Crippen molar-refractivity contribution in [2.24, 2.45) is 4.99 Å². The molecule has 0 radical (unpaired) electrons. The molecule has 0 saturated carbocycles. The van der Waals surface area contributed by atoms with E-state index in [1.54, 1.807) is 0 Å². The summed E-state index contributed by atoms with van der Waals surface area (Å²) < 4.78 is 2.20. The summed E-state index contributed by atoms with van der Waals surface area (Å²) in [5, 5.41) is 4.81. The number of benzene rings is 1. The zero-order chi connectivity index (χ0) is 12.3. The molecule has 0 N–H and O–H groups in total. The Bertz CT molecular complexity index is 565. The van der Waals surface area contributed by atoms with Gasteiger partial charge in [-0.15, -0.1) is 0 Å². The summed E-state index contributed by atoms with van der Waals surface area (Å²) in [6, 6.07) is 6.05. The van der Waals surface area contributed by atoms with E-state index in [9.17, 15) is 0 Å². The van der Waals surface area contributed by atoms with E-state index in [4.69, 9.17) is 0 Å². The van der Waals surface area contributed by atoms with Crippen molar-refractivity contribution < 1.29 is 0 Å². The molecule has 3 nitrogen and oxygen atoms in total. The van der Waals surface area contributed by atoms with Gasteiger partial charge in [0, 0.05) is 30.9 Å². The Kier molecular flexibility index (Phi) is 3.69. The highest BCUT2D eigenvalue weighted by Crippen LogP contribution is 2.21. The lowest BCUT2D eigenvalue weighted by atomic mass is 10.2. The normalized spacial score (nSPS) is 10.8. The van der Waals surface area contributed by atoms with Crippen LogP contribution in [0.5, 0.6) is 0 Å². The van der Waals surface area contributed by atoms with E-state index >= 15 is 0 Å². The van der Waals surface area contributed by atoms with Crippen LogP contribution < -0.4 is 0 Å². The molecule has 0 bridgehead atoms. The maximum Gasteiger partial charge on any atom is 0.0746 e. The van der Waals surface area contributed by atoms with Crippen LogP contribution in [0.2, 0.25) is 0 Å². The first-order valence-electron chi connectivity index (χ1n) is 5.51. The molecule has 1 aromatic heterocycles. The van der Waals surface area contributed by atoms with Crippen molar-refractivity contribution in [3.63, 3.8) is 0 Å². The third-order valence-corrected chi connectivity index (χ3v) is 2.75. The number of hydrogen-bond acceptors (Lipinski definition) is 3. The van der Waals surface area contributed by atoms with Crippen molar-refractivity contribution >= 4 is 33.8 Å². The van der Waals surface area contributed by atoms with Gasteiger partial charge in [-0.05, 0) is 43.8 Å².